The van der Waals surface area contributed by atoms with Gasteiger partial charge in [-0.25, -0.2) is 9.78 Å². The van der Waals surface area contributed by atoms with Crippen LogP contribution < -0.4 is 16.6 Å². The fraction of sp³-hybridized carbons (Fsp3) is 0.412. The molecule has 2 rings (SSSR count). The molecule has 2 heterocycles. The van der Waals surface area contributed by atoms with Crippen LogP contribution in [0.25, 0.3) is 5.65 Å². The minimum Gasteiger partial charge on any atom is -0.459 e. The first-order valence-corrected chi connectivity index (χ1v) is 8.14. The van der Waals surface area contributed by atoms with Crippen LogP contribution in [0.2, 0.25) is 0 Å². The molecule has 0 aliphatic carbocycles. The largest absolute Gasteiger partial charge is 0.459 e. The molecular weight excluding hydrogens is 324 g/mol. The van der Waals surface area contributed by atoms with Gasteiger partial charge in [-0.3, -0.25) is 14.0 Å². The van der Waals surface area contributed by atoms with Crippen molar-refractivity contribution in [2.45, 2.75) is 39.2 Å². The van der Waals surface area contributed by atoms with Crippen molar-refractivity contribution in [3.63, 3.8) is 0 Å². The molecule has 0 aliphatic rings. The first kappa shape index (κ1) is 18.4. The molecule has 2 aromatic heterocycles. The summed E-state index contributed by atoms with van der Waals surface area (Å²) in [4.78, 5) is 38.7. The van der Waals surface area contributed by atoms with Crippen LogP contribution in [0, 0.1) is 6.92 Å². The molecule has 0 bridgehead atoms. The number of primary amides is 1. The van der Waals surface area contributed by atoms with E-state index in [1.807, 2.05) is 13.0 Å². The van der Waals surface area contributed by atoms with Gasteiger partial charge in [-0.1, -0.05) is 12.5 Å². The van der Waals surface area contributed by atoms with Crippen LogP contribution in [-0.4, -0.2) is 27.9 Å². The number of hydrogen-bond donors (Lipinski definition) is 2. The minimum atomic E-state index is -0.548. The van der Waals surface area contributed by atoms with E-state index in [9.17, 15) is 14.4 Å². The Morgan fingerprint density at radius 3 is 2.88 bits per heavy atom. The van der Waals surface area contributed by atoms with Crippen LogP contribution in [0.15, 0.2) is 29.2 Å². The minimum absolute atomic E-state index is 0.0257. The second kappa shape index (κ2) is 8.81. The molecule has 3 N–H and O–H groups in total. The van der Waals surface area contributed by atoms with Gasteiger partial charge in [0.1, 0.15) is 12.3 Å². The molecule has 0 unspecified atom stereocenters. The van der Waals surface area contributed by atoms with Crippen LogP contribution in [0.5, 0.6) is 0 Å². The predicted molar refractivity (Wildman–Crippen MR) is 92.0 cm³/mol. The van der Waals surface area contributed by atoms with Crippen LogP contribution in [-0.2, 0) is 16.1 Å². The van der Waals surface area contributed by atoms with Crippen molar-refractivity contribution in [3.8, 4) is 0 Å². The van der Waals surface area contributed by atoms with Gasteiger partial charge in [0.15, 0.2) is 0 Å². The number of unbranched alkanes of at least 4 members (excludes halogenated alkanes) is 2. The Kier molecular flexibility index (Phi) is 6.50. The number of ether oxygens (including phenoxy) is 1. The summed E-state index contributed by atoms with van der Waals surface area (Å²) >= 11 is 0. The number of fused-ring (bicyclic) bond motifs is 1. The SMILES string of the molecule is Cc1cccn2c(=O)cc(COC(=O)CCCCCNC(N)=O)nc12. The summed E-state index contributed by atoms with van der Waals surface area (Å²) in [5.41, 5.74) is 6.60. The van der Waals surface area contributed by atoms with Gasteiger partial charge in [-0.15, -0.1) is 0 Å². The van der Waals surface area contributed by atoms with E-state index in [0.29, 0.717) is 24.3 Å². The zero-order chi connectivity index (χ0) is 18.2. The maximum Gasteiger partial charge on any atom is 0.312 e. The van der Waals surface area contributed by atoms with E-state index in [1.165, 1.54) is 10.5 Å². The quantitative estimate of drug-likeness (QED) is 0.552. The van der Waals surface area contributed by atoms with E-state index in [-0.39, 0.29) is 24.6 Å². The maximum absolute atomic E-state index is 12.1. The Bertz CT molecular complexity index is 816. The van der Waals surface area contributed by atoms with Gasteiger partial charge in [0.25, 0.3) is 5.56 Å². The molecule has 0 aromatic carbocycles. The molecule has 0 fully saturated rings. The molecule has 0 radical (unpaired) electrons. The fourth-order valence-electron chi connectivity index (χ4n) is 2.39. The third-order valence-corrected chi connectivity index (χ3v) is 3.68. The van der Waals surface area contributed by atoms with E-state index in [4.69, 9.17) is 10.5 Å². The number of rotatable bonds is 8. The summed E-state index contributed by atoms with van der Waals surface area (Å²) in [6, 6.07) is 4.47. The molecule has 8 heteroatoms. The number of hydrogen-bond acceptors (Lipinski definition) is 5. The lowest BCUT2D eigenvalue weighted by molar-refractivity contribution is -0.145. The Labute approximate surface area is 145 Å². The summed E-state index contributed by atoms with van der Waals surface area (Å²) in [7, 11) is 0. The zero-order valence-electron chi connectivity index (χ0n) is 14.2. The van der Waals surface area contributed by atoms with Crippen molar-refractivity contribution in [2.24, 2.45) is 5.73 Å². The first-order chi connectivity index (χ1) is 12.0. The van der Waals surface area contributed by atoms with E-state index in [0.717, 1.165) is 18.4 Å². The van der Waals surface area contributed by atoms with Gasteiger partial charge in [-0.2, -0.15) is 0 Å². The van der Waals surface area contributed by atoms with Crippen molar-refractivity contribution in [2.75, 3.05) is 6.54 Å². The predicted octanol–water partition coefficient (Wildman–Crippen LogP) is 1.27. The van der Waals surface area contributed by atoms with Crippen LogP contribution in [0.4, 0.5) is 4.79 Å². The Morgan fingerprint density at radius 2 is 2.12 bits per heavy atom. The number of pyridine rings is 1. The number of aromatic nitrogens is 2. The number of esters is 1. The summed E-state index contributed by atoms with van der Waals surface area (Å²) in [5, 5.41) is 2.49. The standard InChI is InChI=1S/C17H22N4O4/c1-12-6-5-9-21-14(22)10-13(20-16(12)21)11-25-15(23)7-3-2-4-8-19-17(18)24/h5-6,9-10H,2-4,7-8,11H2,1H3,(H3,18,19,24). The number of nitrogens with two attached hydrogens (primary N) is 1. The number of nitrogens with zero attached hydrogens (tertiary/aromatic N) is 2. The molecule has 2 amide bonds. The van der Waals surface area contributed by atoms with Crippen LogP contribution in [0.3, 0.4) is 0 Å². The molecule has 0 atom stereocenters. The van der Waals surface area contributed by atoms with Gasteiger partial charge >= 0.3 is 12.0 Å². The molecule has 0 aliphatic heterocycles. The highest BCUT2D eigenvalue weighted by atomic mass is 16.5. The van der Waals surface area contributed by atoms with Crippen molar-refractivity contribution in [1.29, 1.82) is 0 Å². The molecule has 134 valence electrons. The zero-order valence-corrected chi connectivity index (χ0v) is 14.2. The van der Waals surface area contributed by atoms with Gasteiger partial charge in [-0.05, 0) is 31.4 Å². The summed E-state index contributed by atoms with van der Waals surface area (Å²) in [6.07, 6.45) is 4.12. The summed E-state index contributed by atoms with van der Waals surface area (Å²) < 4.78 is 6.64. The lowest BCUT2D eigenvalue weighted by Crippen LogP contribution is -2.29. The van der Waals surface area contributed by atoms with Crippen molar-refractivity contribution < 1.29 is 14.3 Å². The van der Waals surface area contributed by atoms with Gasteiger partial charge < -0.3 is 15.8 Å². The lowest BCUT2D eigenvalue weighted by atomic mass is 10.2. The third kappa shape index (κ3) is 5.59. The maximum atomic E-state index is 12.1. The van der Waals surface area contributed by atoms with Crippen molar-refractivity contribution in [1.82, 2.24) is 14.7 Å². The Hall–Kier alpha value is -2.90. The second-order valence-electron chi connectivity index (χ2n) is 5.73. The molecule has 8 nitrogen and oxygen atoms in total. The van der Waals surface area contributed by atoms with Crippen LogP contribution in [0.1, 0.15) is 36.9 Å². The monoisotopic (exact) mass is 346 g/mol. The third-order valence-electron chi connectivity index (χ3n) is 3.68. The highest BCUT2D eigenvalue weighted by Gasteiger charge is 2.08. The topological polar surface area (TPSA) is 116 Å². The van der Waals surface area contributed by atoms with E-state index in [1.54, 1.807) is 12.3 Å². The second-order valence-corrected chi connectivity index (χ2v) is 5.73. The number of aryl methyl sites for hydroxylation is 1. The molecule has 0 saturated heterocycles. The van der Waals surface area contributed by atoms with E-state index < -0.39 is 6.03 Å². The number of carbonyl (C=O) groups excluding carboxylic acids is 2. The van der Waals surface area contributed by atoms with Crippen molar-refractivity contribution >= 4 is 17.6 Å². The number of urea groups is 1. The summed E-state index contributed by atoms with van der Waals surface area (Å²) in [6.45, 7) is 2.33. The Balaban J connectivity index is 1.80. The highest BCUT2D eigenvalue weighted by molar-refractivity contribution is 5.71. The molecular formula is C17H22N4O4. The molecule has 2 aromatic rings. The smallest absolute Gasteiger partial charge is 0.312 e. The molecule has 0 spiro atoms. The average Bonchev–Trinajstić information content (AvgIpc) is 2.57. The Morgan fingerprint density at radius 1 is 1.32 bits per heavy atom. The van der Waals surface area contributed by atoms with Crippen LogP contribution >= 0.6 is 0 Å². The van der Waals surface area contributed by atoms with Gasteiger partial charge in [0.2, 0.25) is 0 Å². The molecule has 0 saturated carbocycles. The number of amides is 2. The first-order valence-electron chi connectivity index (χ1n) is 8.14. The normalized spacial score (nSPS) is 10.6. The fourth-order valence-corrected chi connectivity index (χ4v) is 2.39. The highest BCUT2D eigenvalue weighted by Crippen LogP contribution is 2.07. The van der Waals surface area contributed by atoms with E-state index >= 15 is 0 Å². The van der Waals surface area contributed by atoms with Crippen molar-refractivity contribution in [3.05, 3.63) is 46.0 Å². The summed E-state index contributed by atoms with van der Waals surface area (Å²) in [5.74, 6) is -0.338. The number of carbonyl (C=O) groups is 2. The van der Waals surface area contributed by atoms with E-state index in [2.05, 4.69) is 10.3 Å². The van der Waals surface area contributed by atoms with Gasteiger partial charge in [0, 0.05) is 25.2 Å². The molecule has 25 heavy (non-hydrogen) atoms. The van der Waals surface area contributed by atoms with Gasteiger partial charge in [0.05, 0.1) is 5.69 Å². The lowest BCUT2D eigenvalue weighted by Gasteiger charge is -2.07. The average molecular weight is 346 g/mol. The number of nitrogens with one attached hydrogen (secondary N) is 1.